The van der Waals surface area contributed by atoms with Gasteiger partial charge in [0.25, 0.3) is 5.91 Å². The number of aliphatic hydroxyl groups is 1. The van der Waals surface area contributed by atoms with Gasteiger partial charge in [-0.25, -0.2) is 0 Å². The fraction of sp³-hybridized carbons (Fsp3) is 0.615. The third-order valence-corrected chi connectivity index (χ3v) is 3.15. The SMILES string of the molecule is CCNC(=O)c1ccc(NCC(O)(CC)CC)nn1. The van der Waals surface area contributed by atoms with Crippen molar-refractivity contribution in [3.63, 3.8) is 0 Å². The van der Waals surface area contributed by atoms with E-state index < -0.39 is 5.60 Å². The molecule has 0 fully saturated rings. The molecule has 1 amide bonds. The fourth-order valence-corrected chi connectivity index (χ4v) is 1.55. The largest absolute Gasteiger partial charge is 0.388 e. The van der Waals surface area contributed by atoms with Crippen LogP contribution in [0.2, 0.25) is 0 Å². The van der Waals surface area contributed by atoms with Gasteiger partial charge in [-0.2, -0.15) is 0 Å². The first kappa shape index (κ1) is 15.4. The van der Waals surface area contributed by atoms with Crippen molar-refractivity contribution in [3.8, 4) is 0 Å². The van der Waals surface area contributed by atoms with Gasteiger partial charge in [-0.05, 0) is 31.9 Å². The smallest absolute Gasteiger partial charge is 0.271 e. The van der Waals surface area contributed by atoms with Gasteiger partial charge in [-0.1, -0.05) is 13.8 Å². The van der Waals surface area contributed by atoms with E-state index in [1.54, 1.807) is 12.1 Å². The van der Waals surface area contributed by atoms with Crippen LogP contribution >= 0.6 is 0 Å². The highest BCUT2D eigenvalue weighted by Gasteiger charge is 2.21. The normalized spacial score (nSPS) is 11.2. The van der Waals surface area contributed by atoms with Crippen LogP contribution in [0.4, 0.5) is 5.82 Å². The topological polar surface area (TPSA) is 87.1 Å². The van der Waals surface area contributed by atoms with Crippen LogP contribution in [-0.2, 0) is 0 Å². The van der Waals surface area contributed by atoms with Crippen molar-refractivity contribution in [2.75, 3.05) is 18.4 Å². The maximum Gasteiger partial charge on any atom is 0.271 e. The Hall–Kier alpha value is -1.69. The minimum absolute atomic E-state index is 0.236. The van der Waals surface area contributed by atoms with Gasteiger partial charge in [0.2, 0.25) is 0 Å². The molecule has 19 heavy (non-hydrogen) atoms. The summed E-state index contributed by atoms with van der Waals surface area (Å²) in [7, 11) is 0. The molecule has 106 valence electrons. The van der Waals surface area contributed by atoms with Gasteiger partial charge in [0.05, 0.1) is 5.60 Å². The first-order chi connectivity index (χ1) is 9.04. The molecular weight excluding hydrogens is 244 g/mol. The zero-order valence-electron chi connectivity index (χ0n) is 11.7. The second-order valence-corrected chi connectivity index (χ2v) is 4.45. The molecule has 3 N–H and O–H groups in total. The summed E-state index contributed by atoms with van der Waals surface area (Å²) >= 11 is 0. The molecule has 0 bridgehead atoms. The Labute approximate surface area is 113 Å². The van der Waals surface area contributed by atoms with Crippen LogP contribution < -0.4 is 10.6 Å². The van der Waals surface area contributed by atoms with E-state index in [1.165, 1.54) is 0 Å². The van der Waals surface area contributed by atoms with Gasteiger partial charge in [0.1, 0.15) is 5.82 Å². The quantitative estimate of drug-likeness (QED) is 0.690. The van der Waals surface area contributed by atoms with Crippen molar-refractivity contribution in [3.05, 3.63) is 17.8 Å². The van der Waals surface area contributed by atoms with E-state index in [4.69, 9.17) is 0 Å². The van der Waals surface area contributed by atoms with Crippen LogP contribution in [0.3, 0.4) is 0 Å². The van der Waals surface area contributed by atoms with Crippen molar-refractivity contribution in [2.45, 2.75) is 39.2 Å². The minimum Gasteiger partial charge on any atom is -0.388 e. The number of hydrogen-bond donors (Lipinski definition) is 3. The van der Waals surface area contributed by atoms with Crippen LogP contribution in [0, 0.1) is 0 Å². The molecule has 0 aliphatic heterocycles. The lowest BCUT2D eigenvalue weighted by Gasteiger charge is -2.25. The Balaban J connectivity index is 2.60. The molecule has 6 heteroatoms. The number of rotatable bonds is 7. The van der Waals surface area contributed by atoms with Crippen LogP contribution in [0.15, 0.2) is 12.1 Å². The first-order valence-electron chi connectivity index (χ1n) is 6.62. The van der Waals surface area contributed by atoms with Crippen LogP contribution in [0.25, 0.3) is 0 Å². The molecule has 0 aromatic carbocycles. The van der Waals surface area contributed by atoms with Gasteiger partial charge in [-0.3, -0.25) is 4.79 Å². The average Bonchev–Trinajstić information content (AvgIpc) is 2.45. The van der Waals surface area contributed by atoms with Crippen molar-refractivity contribution in [2.24, 2.45) is 0 Å². The van der Waals surface area contributed by atoms with E-state index in [-0.39, 0.29) is 11.6 Å². The summed E-state index contributed by atoms with van der Waals surface area (Å²) in [6.07, 6.45) is 1.34. The average molecular weight is 266 g/mol. The van der Waals surface area contributed by atoms with Gasteiger partial charge < -0.3 is 15.7 Å². The Morgan fingerprint density at radius 3 is 2.42 bits per heavy atom. The van der Waals surface area contributed by atoms with Crippen molar-refractivity contribution < 1.29 is 9.90 Å². The molecule has 0 saturated carbocycles. The zero-order chi connectivity index (χ0) is 14.3. The van der Waals surface area contributed by atoms with Crippen molar-refractivity contribution in [1.82, 2.24) is 15.5 Å². The Kier molecular flexibility index (Phi) is 5.69. The molecule has 0 spiro atoms. The van der Waals surface area contributed by atoms with Gasteiger partial charge >= 0.3 is 0 Å². The van der Waals surface area contributed by atoms with Crippen LogP contribution in [0.5, 0.6) is 0 Å². The summed E-state index contributed by atoms with van der Waals surface area (Å²) in [5.41, 5.74) is -0.450. The Bertz CT molecular complexity index is 402. The Morgan fingerprint density at radius 2 is 1.95 bits per heavy atom. The highest BCUT2D eigenvalue weighted by Crippen LogP contribution is 2.15. The molecule has 1 aromatic heterocycles. The van der Waals surface area contributed by atoms with Crippen molar-refractivity contribution >= 4 is 11.7 Å². The van der Waals surface area contributed by atoms with Gasteiger partial charge in [-0.15, -0.1) is 10.2 Å². The number of hydrogen-bond acceptors (Lipinski definition) is 5. The van der Waals surface area contributed by atoms with E-state index in [1.807, 2.05) is 20.8 Å². The maximum absolute atomic E-state index is 11.5. The molecule has 0 unspecified atom stereocenters. The lowest BCUT2D eigenvalue weighted by atomic mass is 9.98. The lowest BCUT2D eigenvalue weighted by molar-refractivity contribution is 0.0456. The summed E-state index contributed by atoms with van der Waals surface area (Å²) < 4.78 is 0. The molecule has 0 aliphatic carbocycles. The van der Waals surface area contributed by atoms with Gasteiger partial charge in [0, 0.05) is 13.1 Å². The highest BCUT2D eigenvalue weighted by molar-refractivity contribution is 5.92. The number of amides is 1. The van der Waals surface area contributed by atoms with E-state index in [0.717, 1.165) is 0 Å². The molecule has 1 heterocycles. The predicted octanol–water partition coefficient (Wildman–Crippen LogP) is 1.19. The predicted molar refractivity (Wildman–Crippen MR) is 74.1 cm³/mol. The zero-order valence-corrected chi connectivity index (χ0v) is 11.7. The van der Waals surface area contributed by atoms with Crippen molar-refractivity contribution in [1.29, 1.82) is 0 Å². The molecular formula is C13H22N4O2. The third kappa shape index (κ3) is 4.48. The van der Waals surface area contributed by atoms with Crippen LogP contribution in [0.1, 0.15) is 44.1 Å². The standard InChI is InChI=1S/C13H22N4O2/c1-4-13(19,5-2)9-15-11-8-7-10(16-17-11)12(18)14-6-3/h7-8,19H,4-6,9H2,1-3H3,(H,14,18)(H,15,17). The summed E-state index contributed by atoms with van der Waals surface area (Å²) in [5.74, 6) is 0.313. The molecule has 6 nitrogen and oxygen atoms in total. The Morgan fingerprint density at radius 1 is 1.26 bits per heavy atom. The summed E-state index contributed by atoms with van der Waals surface area (Å²) in [5, 5.41) is 23.6. The summed E-state index contributed by atoms with van der Waals surface area (Å²) in [6.45, 7) is 6.69. The molecule has 1 rings (SSSR count). The second kappa shape index (κ2) is 7.04. The van der Waals surface area contributed by atoms with E-state index in [2.05, 4.69) is 20.8 Å². The van der Waals surface area contributed by atoms with E-state index >= 15 is 0 Å². The summed E-state index contributed by atoms with van der Waals surface area (Å²) in [4.78, 5) is 11.5. The fourth-order valence-electron chi connectivity index (χ4n) is 1.55. The monoisotopic (exact) mass is 266 g/mol. The molecule has 1 aromatic rings. The molecule has 0 atom stereocenters. The number of carbonyl (C=O) groups is 1. The van der Waals surface area contributed by atoms with E-state index in [9.17, 15) is 9.90 Å². The third-order valence-electron chi connectivity index (χ3n) is 3.15. The number of aromatic nitrogens is 2. The lowest BCUT2D eigenvalue weighted by Crippen LogP contribution is -2.35. The van der Waals surface area contributed by atoms with Gasteiger partial charge in [0.15, 0.2) is 5.69 Å². The molecule has 0 aliphatic rings. The van der Waals surface area contributed by atoms with Crippen LogP contribution in [-0.4, -0.2) is 39.9 Å². The highest BCUT2D eigenvalue weighted by atomic mass is 16.3. The number of anilines is 1. The molecule has 0 radical (unpaired) electrons. The minimum atomic E-state index is -0.736. The van der Waals surface area contributed by atoms with E-state index in [0.29, 0.717) is 31.7 Å². The second-order valence-electron chi connectivity index (χ2n) is 4.45. The molecule has 0 saturated heterocycles. The number of nitrogens with one attached hydrogen (secondary N) is 2. The first-order valence-corrected chi connectivity index (χ1v) is 6.62. The summed E-state index contributed by atoms with van der Waals surface area (Å²) in [6, 6.07) is 3.29. The number of carbonyl (C=O) groups excluding carboxylic acids is 1. The number of nitrogens with zero attached hydrogens (tertiary/aromatic N) is 2. The maximum atomic E-state index is 11.5.